The van der Waals surface area contributed by atoms with Gasteiger partial charge in [0.1, 0.15) is 0 Å². The second kappa shape index (κ2) is 5.63. The van der Waals surface area contributed by atoms with Gasteiger partial charge in [-0.2, -0.15) is 0 Å². The minimum absolute atomic E-state index is 0.244. The molecule has 4 nitrogen and oxygen atoms in total. The molecule has 0 bridgehead atoms. The summed E-state index contributed by atoms with van der Waals surface area (Å²) in [4.78, 5) is 7.31. The van der Waals surface area contributed by atoms with Crippen molar-refractivity contribution in [2.75, 3.05) is 13.2 Å². The predicted molar refractivity (Wildman–Crippen MR) is 75.3 cm³/mol. The molecule has 18 heavy (non-hydrogen) atoms. The molecule has 0 aliphatic carbocycles. The summed E-state index contributed by atoms with van der Waals surface area (Å²) in [5.41, 5.74) is 2.07. The zero-order valence-electron chi connectivity index (χ0n) is 11.0. The number of ether oxygens (including phenoxy) is 1. The highest BCUT2D eigenvalue weighted by molar-refractivity contribution is 7.71. The molecule has 98 valence electrons. The zero-order chi connectivity index (χ0) is 13.1. The van der Waals surface area contributed by atoms with Gasteiger partial charge in [0, 0.05) is 12.8 Å². The number of imidazole rings is 1. The van der Waals surface area contributed by atoms with Crippen molar-refractivity contribution in [3.8, 4) is 0 Å². The summed E-state index contributed by atoms with van der Waals surface area (Å²) >= 11 is 5.42. The predicted octanol–water partition coefficient (Wildman–Crippen LogP) is 3.33. The number of hydrogen-bond donors (Lipinski definition) is 1. The van der Waals surface area contributed by atoms with Gasteiger partial charge in [0.2, 0.25) is 0 Å². The highest BCUT2D eigenvalue weighted by Gasteiger charge is 2.19. The molecule has 0 saturated carbocycles. The van der Waals surface area contributed by atoms with E-state index in [1.807, 2.05) is 13.0 Å². The summed E-state index contributed by atoms with van der Waals surface area (Å²) in [7, 11) is 0. The van der Waals surface area contributed by atoms with Crippen molar-refractivity contribution in [3.63, 3.8) is 0 Å². The molecule has 1 unspecified atom stereocenters. The van der Waals surface area contributed by atoms with Gasteiger partial charge in [0.25, 0.3) is 0 Å². The molecule has 0 aromatic carbocycles. The summed E-state index contributed by atoms with van der Waals surface area (Å²) in [6.45, 7) is 7.78. The first-order valence-electron chi connectivity index (χ1n) is 6.27. The van der Waals surface area contributed by atoms with E-state index in [-0.39, 0.29) is 6.04 Å². The van der Waals surface area contributed by atoms with E-state index in [2.05, 4.69) is 28.4 Å². The molecule has 1 N–H and O–H groups in total. The van der Waals surface area contributed by atoms with Crippen LogP contribution in [0.25, 0.3) is 11.0 Å². The van der Waals surface area contributed by atoms with Gasteiger partial charge in [0.15, 0.2) is 4.77 Å². The van der Waals surface area contributed by atoms with E-state index < -0.39 is 0 Å². The first-order valence-corrected chi connectivity index (χ1v) is 6.68. The molecule has 0 fully saturated rings. The minimum atomic E-state index is 0.244. The van der Waals surface area contributed by atoms with Gasteiger partial charge in [-0.1, -0.05) is 13.8 Å². The van der Waals surface area contributed by atoms with Gasteiger partial charge in [-0.05, 0) is 31.1 Å². The lowest BCUT2D eigenvalue weighted by atomic mass is 10.1. The van der Waals surface area contributed by atoms with E-state index in [9.17, 15) is 0 Å². The number of H-pyrrole nitrogens is 1. The van der Waals surface area contributed by atoms with Crippen LogP contribution in [0.2, 0.25) is 0 Å². The number of hydrogen-bond acceptors (Lipinski definition) is 3. The lowest BCUT2D eigenvalue weighted by molar-refractivity contribution is 0.0974. The SMILES string of the molecule is CCOCC(C(C)C)n1c(=S)[nH]c2cnccc21. The van der Waals surface area contributed by atoms with Crippen LogP contribution in [0.5, 0.6) is 0 Å². The number of aromatic amines is 1. The number of nitrogens with one attached hydrogen (secondary N) is 1. The first-order chi connectivity index (χ1) is 8.65. The molecule has 0 spiro atoms. The topological polar surface area (TPSA) is 42.8 Å². The number of nitrogens with zero attached hydrogens (tertiary/aromatic N) is 2. The Labute approximate surface area is 112 Å². The van der Waals surface area contributed by atoms with Crippen LogP contribution in [-0.2, 0) is 4.74 Å². The average Bonchev–Trinajstić information content (AvgIpc) is 2.66. The second-order valence-electron chi connectivity index (χ2n) is 4.66. The van der Waals surface area contributed by atoms with Crippen molar-refractivity contribution in [1.82, 2.24) is 14.5 Å². The molecule has 0 amide bonds. The normalized spacial score (nSPS) is 13.3. The van der Waals surface area contributed by atoms with Crippen molar-refractivity contribution in [1.29, 1.82) is 0 Å². The van der Waals surface area contributed by atoms with Crippen LogP contribution in [0.4, 0.5) is 0 Å². The van der Waals surface area contributed by atoms with Gasteiger partial charge in [0.05, 0.1) is 29.9 Å². The molecule has 2 aromatic heterocycles. The monoisotopic (exact) mass is 265 g/mol. The maximum Gasteiger partial charge on any atom is 0.178 e. The van der Waals surface area contributed by atoms with Gasteiger partial charge in [-0.3, -0.25) is 4.98 Å². The molecule has 1 atom stereocenters. The Hall–Kier alpha value is -1.20. The molecule has 5 heteroatoms. The third kappa shape index (κ3) is 2.47. The van der Waals surface area contributed by atoms with Crippen molar-refractivity contribution < 1.29 is 4.74 Å². The summed E-state index contributed by atoms with van der Waals surface area (Å²) in [6, 6.07) is 2.23. The van der Waals surface area contributed by atoms with Crippen molar-refractivity contribution >= 4 is 23.3 Å². The van der Waals surface area contributed by atoms with Crippen molar-refractivity contribution in [3.05, 3.63) is 23.2 Å². The summed E-state index contributed by atoms with van der Waals surface area (Å²) < 4.78 is 8.47. The Kier molecular flexibility index (Phi) is 4.14. The van der Waals surface area contributed by atoms with E-state index in [4.69, 9.17) is 17.0 Å². The smallest absolute Gasteiger partial charge is 0.178 e. The third-order valence-electron chi connectivity index (χ3n) is 3.11. The second-order valence-corrected chi connectivity index (χ2v) is 5.05. The maximum atomic E-state index is 5.59. The summed E-state index contributed by atoms with van der Waals surface area (Å²) in [6.07, 6.45) is 3.60. The Morgan fingerprint density at radius 2 is 2.28 bits per heavy atom. The zero-order valence-corrected chi connectivity index (χ0v) is 11.8. The largest absolute Gasteiger partial charge is 0.380 e. The fraction of sp³-hybridized carbons (Fsp3) is 0.538. The standard InChI is InChI=1S/C13H19N3OS/c1-4-17-8-12(9(2)3)16-11-5-6-14-7-10(11)15-13(16)18/h5-7,9,12H,4,8H2,1-3H3,(H,15,18). The number of fused-ring (bicyclic) bond motifs is 1. The molecule has 0 saturated heterocycles. The lowest BCUT2D eigenvalue weighted by Crippen LogP contribution is -2.21. The van der Waals surface area contributed by atoms with E-state index in [0.717, 1.165) is 22.4 Å². The fourth-order valence-electron chi connectivity index (χ4n) is 2.11. The fourth-order valence-corrected chi connectivity index (χ4v) is 2.46. The van der Waals surface area contributed by atoms with Crippen LogP contribution in [0, 0.1) is 10.7 Å². The first kappa shape index (κ1) is 13.2. The maximum absolute atomic E-state index is 5.59. The third-order valence-corrected chi connectivity index (χ3v) is 3.41. The highest BCUT2D eigenvalue weighted by atomic mass is 32.1. The minimum Gasteiger partial charge on any atom is -0.380 e. The van der Waals surface area contributed by atoms with Crippen LogP contribution in [-0.4, -0.2) is 27.7 Å². The number of aromatic nitrogens is 3. The van der Waals surface area contributed by atoms with E-state index in [0.29, 0.717) is 12.5 Å². The molecule has 0 radical (unpaired) electrons. The van der Waals surface area contributed by atoms with Crippen LogP contribution < -0.4 is 0 Å². The van der Waals surface area contributed by atoms with E-state index in [1.54, 1.807) is 12.4 Å². The van der Waals surface area contributed by atoms with E-state index in [1.165, 1.54) is 0 Å². The molecule has 0 aliphatic heterocycles. The summed E-state index contributed by atoms with van der Waals surface area (Å²) in [5.74, 6) is 0.454. The highest BCUT2D eigenvalue weighted by Crippen LogP contribution is 2.24. The number of pyridine rings is 1. The number of rotatable bonds is 5. The summed E-state index contributed by atoms with van der Waals surface area (Å²) in [5, 5.41) is 0. The Balaban J connectivity index is 2.49. The van der Waals surface area contributed by atoms with Crippen molar-refractivity contribution in [2.45, 2.75) is 26.8 Å². The van der Waals surface area contributed by atoms with Crippen molar-refractivity contribution in [2.24, 2.45) is 5.92 Å². The molecule has 2 heterocycles. The lowest BCUT2D eigenvalue weighted by Gasteiger charge is -2.23. The Morgan fingerprint density at radius 1 is 1.50 bits per heavy atom. The van der Waals surface area contributed by atoms with Crippen LogP contribution in [0.15, 0.2) is 18.5 Å². The van der Waals surface area contributed by atoms with Gasteiger partial charge >= 0.3 is 0 Å². The molecular formula is C13H19N3OS. The molecular weight excluding hydrogens is 246 g/mol. The van der Waals surface area contributed by atoms with Crippen LogP contribution in [0.3, 0.4) is 0 Å². The van der Waals surface area contributed by atoms with Gasteiger partial charge < -0.3 is 14.3 Å². The van der Waals surface area contributed by atoms with Gasteiger partial charge in [-0.15, -0.1) is 0 Å². The van der Waals surface area contributed by atoms with E-state index >= 15 is 0 Å². The van der Waals surface area contributed by atoms with Gasteiger partial charge in [-0.25, -0.2) is 0 Å². The molecule has 2 aromatic rings. The molecule has 0 aliphatic rings. The average molecular weight is 265 g/mol. The molecule has 2 rings (SSSR count). The quantitative estimate of drug-likeness (QED) is 0.843. The van der Waals surface area contributed by atoms with Crippen LogP contribution >= 0.6 is 12.2 Å². The Bertz CT molecular complexity index is 573. The Morgan fingerprint density at radius 3 is 2.94 bits per heavy atom. The van der Waals surface area contributed by atoms with Crippen LogP contribution in [0.1, 0.15) is 26.8 Å².